The summed E-state index contributed by atoms with van der Waals surface area (Å²) >= 11 is 0. The molecular weight excluding hydrogens is 478 g/mol. The number of anilines is 2. The fraction of sp³-hybridized carbons (Fsp3) is 0.577. The van der Waals surface area contributed by atoms with Gasteiger partial charge in [0.25, 0.3) is 0 Å². The number of sulfone groups is 1. The van der Waals surface area contributed by atoms with Gasteiger partial charge in [-0.1, -0.05) is 19.3 Å². The van der Waals surface area contributed by atoms with E-state index in [0.717, 1.165) is 24.2 Å². The number of carbonyl (C=O) groups excluding carboxylic acids is 1. The Morgan fingerprint density at radius 1 is 1.06 bits per heavy atom. The van der Waals surface area contributed by atoms with Crippen LogP contribution in [0.25, 0.3) is 11.3 Å². The van der Waals surface area contributed by atoms with Crippen LogP contribution in [-0.4, -0.2) is 73.5 Å². The summed E-state index contributed by atoms with van der Waals surface area (Å²) in [4.78, 5) is 25.6. The highest BCUT2D eigenvalue weighted by molar-refractivity contribution is 7.90. The Hall–Kier alpha value is -2.88. The molecule has 1 aliphatic heterocycles. The first-order valence-corrected chi connectivity index (χ1v) is 14.5. The molecule has 2 aliphatic rings. The lowest BCUT2D eigenvalue weighted by atomic mass is 9.95. The molecule has 0 aromatic carbocycles. The predicted octanol–water partition coefficient (Wildman–Crippen LogP) is 4.35. The molecule has 2 aromatic heterocycles. The van der Waals surface area contributed by atoms with Gasteiger partial charge in [0.05, 0.1) is 10.6 Å². The summed E-state index contributed by atoms with van der Waals surface area (Å²) in [7, 11) is -3.45. The monoisotopic (exact) mass is 515 g/mol. The maximum absolute atomic E-state index is 12.5. The number of amides is 1. The Labute approximate surface area is 214 Å². The number of aromatic nitrogens is 2. The Balaban J connectivity index is 1.55. The van der Waals surface area contributed by atoms with E-state index < -0.39 is 15.4 Å². The molecule has 1 saturated heterocycles. The lowest BCUT2D eigenvalue weighted by Crippen LogP contribution is -2.50. The Kier molecular flexibility index (Phi) is 7.73. The van der Waals surface area contributed by atoms with Crippen molar-refractivity contribution in [3.05, 3.63) is 30.5 Å². The van der Waals surface area contributed by atoms with E-state index in [9.17, 15) is 13.2 Å². The second-order valence-corrected chi connectivity index (χ2v) is 12.7. The quantitative estimate of drug-likeness (QED) is 0.627. The normalized spacial score (nSPS) is 17.7. The smallest absolute Gasteiger partial charge is 0.410 e. The molecule has 0 spiro atoms. The summed E-state index contributed by atoms with van der Waals surface area (Å²) in [6, 6.07) is 7.44. The molecule has 1 N–H and O–H groups in total. The highest BCUT2D eigenvalue weighted by Crippen LogP contribution is 2.28. The standard InChI is InChI=1S/C26H37N5O4S/c1-26(2,3)35-25(32)31-14-12-30(13-15-31)24-18-21(36(4,33)34)17-22(29-24)19-10-11-27-23(16-19)28-20-8-6-5-7-9-20/h10-11,16-18,20H,5-9,12-15H2,1-4H3,(H,27,28). The molecule has 2 fully saturated rings. The van der Waals surface area contributed by atoms with Gasteiger partial charge in [-0.05, 0) is 57.9 Å². The van der Waals surface area contributed by atoms with Crippen LogP contribution in [-0.2, 0) is 14.6 Å². The van der Waals surface area contributed by atoms with Crippen LogP contribution in [0.3, 0.4) is 0 Å². The van der Waals surface area contributed by atoms with Gasteiger partial charge < -0.3 is 19.9 Å². The number of hydrogen-bond donors (Lipinski definition) is 1. The minimum atomic E-state index is -3.45. The molecule has 4 rings (SSSR count). The minimum absolute atomic E-state index is 0.218. The van der Waals surface area contributed by atoms with Crippen molar-refractivity contribution >= 4 is 27.6 Å². The average molecular weight is 516 g/mol. The number of nitrogens with zero attached hydrogens (tertiary/aromatic N) is 4. The average Bonchev–Trinajstić information content (AvgIpc) is 2.83. The summed E-state index contributed by atoms with van der Waals surface area (Å²) in [5.74, 6) is 1.36. The van der Waals surface area contributed by atoms with E-state index in [0.29, 0.717) is 43.7 Å². The molecule has 1 aliphatic carbocycles. The number of carbonyl (C=O) groups is 1. The Morgan fingerprint density at radius 2 is 1.75 bits per heavy atom. The highest BCUT2D eigenvalue weighted by Gasteiger charge is 2.27. The van der Waals surface area contributed by atoms with Gasteiger partial charge in [0.1, 0.15) is 17.2 Å². The van der Waals surface area contributed by atoms with Crippen molar-refractivity contribution in [3.63, 3.8) is 0 Å². The van der Waals surface area contributed by atoms with Crippen LogP contribution in [0.4, 0.5) is 16.4 Å². The lowest BCUT2D eigenvalue weighted by Gasteiger charge is -2.36. The molecule has 1 saturated carbocycles. The van der Waals surface area contributed by atoms with Crippen molar-refractivity contribution in [1.29, 1.82) is 0 Å². The van der Waals surface area contributed by atoms with Crippen LogP contribution in [0.2, 0.25) is 0 Å². The van der Waals surface area contributed by atoms with E-state index in [1.54, 1.807) is 23.2 Å². The molecule has 1 amide bonds. The number of nitrogens with one attached hydrogen (secondary N) is 1. The highest BCUT2D eigenvalue weighted by atomic mass is 32.2. The molecule has 3 heterocycles. The van der Waals surface area contributed by atoms with Crippen LogP contribution < -0.4 is 10.2 Å². The van der Waals surface area contributed by atoms with Crippen LogP contribution in [0.1, 0.15) is 52.9 Å². The van der Waals surface area contributed by atoms with Crippen molar-refractivity contribution in [1.82, 2.24) is 14.9 Å². The number of hydrogen-bond acceptors (Lipinski definition) is 8. The molecule has 196 valence electrons. The first-order valence-electron chi connectivity index (χ1n) is 12.7. The largest absolute Gasteiger partial charge is 0.444 e. The molecule has 36 heavy (non-hydrogen) atoms. The first-order chi connectivity index (χ1) is 17.0. The van der Waals surface area contributed by atoms with Gasteiger partial charge in [-0.3, -0.25) is 0 Å². The maximum atomic E-state index is 12.5. The minimum Gasteiger partial charge on any atom is -0.444 e. The van der Waals surface area contributed by atoms with Crippen molar-refractivity contribution in [2.24, 2.45) is 0 Å². The molecule has 0 atom stereocenters. The fourth-order valence-electron chi connectivity index (χ4n) is 4.59. The summed E-state index contributed by atoms with van der Waals surface area (Å²) < 4.78 is 30.5. The zero-order chi connectivity index (χ0) is 25.9. The van der Waals surface area contributed by atoms with Crippen LogP contribution in [0.15, 0.2) is 35.4 Å². The van der Waals surface area contributed by atoms with Gasteiger partial charge in [-0.2, -0.15) is 0 Å². The zero-order valence-corrected chi connectivity index (χ0v) is 22.5. The first kappa shape index (κ1) is 26.2. The van der Waals surface area contributed by atoms with Gasteiger partial charge in [-0.25, -0.2) is 23.2 Å². The second kappa shape index (κ2) is 10.6. The zero-order valence-electron chi connectivity index (χ0n) is 21.7. The van der Waals surface area contributed by atoms with Gasteiger partial charge in [0.15, 0.2) is 9.84 Å². The summed E-state index contributed by atoms with van der Waals surface area (Å²) in [5.41, 5.74) is 0.836. The predicted molar refractivity (Wildman–Crippen MR) is 141 cm³/mol. The second-order valence-electron chi connectivity index (χ2n) is 10.7. The summed E-state index contributed by atoms with van der Waals surface area (Å²) in [6.45, 7) is 7.54. The topological polar surface area (TPSA) is 105 Å². The SMILES string of the molecule is CC(C)(C)OC(=O)N1CCN(c2cc(S(C)(=O)=O)cc(-c3ccnc(NC4CCCCC4)c3)n2)CC1. The molecule has 0 radical (unpaired) electrons. The van der Waals surface area contributed by atoms with E-state index in [1.165, 1.54) is 25.5 Å². The molecule has 2 aromatic rings. The third-order valence-corrected chi connectivity index (χ3v) is 7.57. The molecular formula is C26H37N5O4S. The maximum Gasteiger partial charge on any atom is 0.410 e. The number of pyridine rings is 2. The van der Waals surface area contributed by atoms with Crippen molar-refractivity contribution in [3.8, 4) is 11.3 Å². The molecule has 9 nitrogen and oxygen atoms in total. The van der Waals surface area contributed by atoms with Crippen molar-refractivity contribution in [2.45, 2.75) is 69.4 Å². The van der Waals surface area contributed by atoms with Gasteiger partial charge in [-0.15, -0.1) is 0 Å². The van der Waals surface area contributed by atoms with E-state index >= 15 is 0 Å². The van der Waals surface area contributed by atoms with Crippen LogP contribution >= 0.6 is 0 Å². The third kappa shape index (κ3) is 6.87. The summed E-state index contributed by atoms with van der Waals surface area (Å²) in [6.07, 6.45) is 8.59. The Morgan fingerprint density at radius 3 is 2.39 bits per heavy atom. The number of rotatable bonds is 5. The lowest BCUT2D eigenvalue weighted by molar-refractivity contribution is 0.0240. The van der Waals surface area contributed by atoms with E-state index in [-0.39, 0.29) is 11.0 Å². The van der Waals surface area contributed by atoms with Crippen LogP contribution in [0, 0.1) is 0 Å². The summed E-state index contributed by atoms with van der Waals surface area (Å²) in [5, 5.41) is 3.53. The van der Waals surface area contributed by atoms with Crippen LogP contribution in [0.5, 0.6) is 0 Å². The fourth-order valence-corrected chi connectivity index (χ4v) is 5.23. The van der Waals surface area contributed by atoms with Crippen molar-refractivity contribution in [2.75, 3.05) is 42.7 Å². The number of piperazine rings is 1. The number of ether oxygens (including phenoxy) is 1. The van der Waals surface area contributed by atoms with Gasteiger partial charge in [0.2, 0.25) is 0 Å². The molecule has 0 unspecified atom stereocenters. The third-order valence-electron chi connectivity index (χ3n) is 6.48. The van der Waals surface area contributed by atoms with E-state index in [2.05, 4.69) is 10.3 Å². The van der Waals surface area contributed by atoms with Gasteiger partial charge in [0, 0.05) is 50.2 Å². The molecule has 10 heteroatoms. The molecule has 0 bridgehead atoms. The van der Waals surface area contributed by atoms with Crippen molar-refractivity contribution < 1.29 is 17.9 Å². The Bertz CT molecular complexity index is 1180. The van der Waals surface area contributed by atoms with E-state index in [4.69, 9.17) is 9.72 Å². The van der Waals surface area contributed by atoms with Gasteiger partial charge >= 0.3 is 6.09 Å². The van der Waals surface area contributed by atoms with E-state index in [1.807, 2.05) is 37.8 Å².